The van der Waals surface area contributed by atoms with Gasteiger partial charge in [-0.15, -0.1) is 0 Å². The molecule has 6 nitrogen and oxygen atoms in total. The molecule has 0 aliphatic carbocycles. The van der Waals surface area contributed by atoms with Crippen LogP contribution in [-0.4, -0.2) is 33.8 Å². The number of hydrogen-bond acceptors (Lipinski definition) is 6. The van der Waals surface area contributed by atoms with Crippen LogP contribution in [0.5, 0.6) is 0 Å². The molecule has 0 saturated carbocycles. The molecular weight excluding hydrogens is 202 g/mol. The van der Waals surface area contributed by atoms with Crippen LogP contribution in [0, 0.1) is 5.92 Å². The Labute approximate surface area is 85.3 Å². The Bertz CT molecular complexity index is 295. The van der Waals surface area contributed by atoms with E-state index in [2.05, 4.69) is 25.4 Å². The molecule has 7 heteroatoms. The fourth-order valence-corrected chi connectivity index (χ4v) is 1.89. The average molecular weight is 213 g/mol. The molecule has 1 aliphatic rings. The predicted octanol–water partition coefficient (Wildman–Crippen LogP) is -0.129. The van der Waals surface area contributed by atoms with E-state index < -0.39 is 0 Å². The van der Waals surface area contributed by atoms with Crippen molar-refractivity contribution in [2.24, 2.45) is 5.92 Å². The van der Waals surface area contributed by atoms with E-state index in [9.17, 15) is 4.79 Å². The molecule has 2 N–H and O–H groups in total. The summed E-state index contributed by atoms with van der Waals surface area (Å²) in [6.45, 7) is 1.94. The highest BCUT2D eigenvalue weighted by Gasteiger charge is 2.18. The number of carbonyl (C=O) groups is 1. The summed E-state index contributed by atoms with van der Waals surface area (Å²) in [6, 6.07) is 0. The first-order valence-corrected chi connectivity index (χ1v) is 5.27. The van der Waals surface area contributed by atoms with Crippen molar-refractivity contribution in [1.82, 2.24) is 20.1 Å². The normalized spacial score (nSPS) is 21.0. The quantitative estimate of drug-likeness (QED) is 0.731. The van der Waals surface area contributed by atoms with E-state index >= 15 is 0 Å². The van der Waals surface area contributed by atoms with Crippen LogP contribution in [0.3, 0.4) is 0 Å². The standard InChI is InChI=1S/C7H11N5OS/c13-6(3-5-1-2-8-4-5)9-7-10-11-12-14-7/h5,8H,1-4H2,(H,9,10,12,13). The third kappa shape index (κ3) is 2.46. The summed E-state index contributed by atoms with van der Waals surface area (Å²) < 4.78 is 3.56. The minimum atomic E-state index is -0.00255. The average Bonchev–Trinajstić information content (AvgIpc) is 2.76. The Hall–Kier alpha value is -1.08. The van der Waals surface area contributed by atoms with E-state index in [1.807, 2.05) is 0 Å². The van der Waals surface area contributed by atoms with Gasteiger partial charge in [-0.1, -0.05) is 9.59 Å². The highest BCUT2D eigenvalue weighted by molar-refractivity contribution is 7.09. The zero-order valence-electron chi connectivity index (χ0n) is 7.56. The lowest BCUT2D eigenvalue weighted by molar-refractivity contribution is -0.116. The zero-order valence-corrected chi connectivity index (χ0v) is 8.38. The van der Waals surface area contributed by atoms with Crippen LogP contribution < -0.4 is 10.6 Å². The number of carbonyl (C=O) groups excluding carboxylic acids is 1. The summed E-state index contributed by atoms with van der Waals surface area (Å²) in [5, 5.41) is 13.4. The molecule has 2 rings (SSSR count). The molecule has 1 unspecified atom stereocenters. The predicted molar refractivity (Wildman–Crippen MR) is 51.9 cm³/mol. The molecule has 0 bridgehead atoms. The molecule has 0 aromatic carbocycles. The van der Waals surface area contributed by atoms with Crippen molar-refractivity contribution in [3.05, 3.63) is 0 Å². The molecule has 76 valence electrons. The Balaban J connectivity index is 1.78. The number of nitrogens with zero attached hydrogens (tertiary/aromatic N) is 3. The van der Waals surface area contributed by atoms with Crippen LogP contribution in [0.15, 0.2) is 0 Å². The van der Waals surface area contributed by atoms with Gasteiger partial charge in [-0.05, 0) is 30.6 Å². The lowest BCUT2D eigenvalue weighted by Crippen LogP contribution is -2.18. The molecule has 1 fully saturated rings. The molecule has 14 heavy (non-hydrogen) atoms. The number of anilines is 1. The summed E-state index contributed by atoms with van der Waals surface area (Å²) in [7, 11) is 0. The maximum atomic E-state index is 11.4. The lowest BCUT2D eigenvalue weighted by atomic mass is 10.1. The SMILES string of the molecule is O=C(CC1CCNC1)Nc1nnns1. The second-order valence-corrected chi connectivity index (χ2v) is 4.01. The maximum Gasteiger partial charge on any atom is 0.231 e. The highest BCUT2D eigenvalue weighted by Crippen LogP contribution is 2.13. The summed E-state index contributed by atoms with van der Waals surface area (Å²) in [6.07, 6.45) is 1.62. The first-order chi connectivity index (χ1) is 6.84. The van der Waals surface area contributed by atoms with Crippen LogP contribution in [0.4, 0.5) is 5.13 Å². The third-order valence-electron chi connectivity index (χ3n) is 2.18. The second-order valence-electron chi connectivity index (χ2n) is 3.28. The number of amides is 1. The van der Waals surface area contributed by atoms with Crippen LogP contribution in [0.2, 0.25) is 0 Å². The van der Waals surface area contributed by atoms with E-state index in [1.165, 1.54) is 0 Å². The molecule has 1 saturated heterocycles. The lowest BCUT2D eigenvalue weighted by Gasteiger charge is -2.05. The van der Waals surface area contributed by atoms with Crippen LogP contribution >= 0.6 is 11.5 Å². The topological polar surface area (TPSA) is 79.8 Å². The summed E-state index contributed by atoms with van der Waals surface area (Å²) in [5.74, 6) is 0.452. The van der Waals surface area contributed by atoms with Gasteiger partial charge in [-0.25, -0.2) is 0 Å². The number of aromatic nitrogens is 3. The highest BCUT2D eigenvalue weighted by atomic mass is 32.1. The molecule has 2 heterocycles. The van der Waals surface area contributed by atoms with Crippen LogP contribution in [0.25, 0.3) is 0 Å². The first-order valence-electron chi connectivity index (χ1n) is 4.50. The van der Waals surface area contributed by atoms with Crippen molar-refractivity contribution < 1.29 is 4.79 Å². The molecule has 0 radical (unpaired) electrons. The van der Waals surface area contributed by atoms with Crippen LogP contribution in [-0.2, 0) is 4.79 Å². The number of hydrogen-bond donors (Lipinski definition) is 2. The van der Waals surface area contributed by atoms with Gasteiger partial charge in [0, 0.05) is 18.0 Å². The monoisotopic (exact) mass is 213 g/mol. The largest absolute Gasteiger partial charge is 0.316 e. The zero-order chi connectivity index (χ0) is 9.80. The van der Waals surface area contributed by atoms with Gasteiger partial charge in [-0.2, -0.15) is 0 Å². The minimum absolute atomic E-state index is 0.00255. The summed E-state index contributed by atoms with van der Waals surface area (Å²) in [4.78, 5) is 11.4. The Morgan fingerprint density at radius 2 is 2.64 bits per heavy atom. The van der Waals surface area contributed by atoms with Gasteiger partial charge in [0.25, 0.3) is 0 Å². The first kappa shape index (κ1) is 9.47. The molecule has 1 aliphatic heterocycles. The van der Waals surface area contributed by atoms with Crippen molar-refractivity contribution in [1.29, 1.82) is 0 Å². The van der Waals surface area contributed by atoms with E-state index in [4.69, 9.17) is 0 Å². The van der Waals surface area contributed by atoms with E-state index in [0.717, 1.165) is 31.0 Å². The van der Waals surface area contributed by atoms with Gasteiger partial charge >= 0.3 is 0 Å². The molecule has 1 atom stereocenters. The van der Waals surface area contributed by atoms with Gasteiger partial charge in [-0.3, -0.25) is 10.1 Å². The molecule has 0 spiro atoms. The van der Waals surface area contributed by atoms with Gasteiger partial charge in [0.1, 0.15) is 0 Å². The van der Waals surface area contributed by atoms with Crippen molar-refractivity contribution in [2.75, 3.05) is 18.4 Å². The van der Waals surface area contributed by atoms with Crippen LogP contribution in [0.1, 0.15) is 12.8 Å². The van der Waals surface area contributed by atoms with Gasteiger partial charge in [0.2, 0.25) is 11.0 Å². The van der Waals surface area contributed by atoms with Crippen molar-refractivity contribution >= 4 is 22.6 Å². The maximum absolute atomic E-state index is 11.4. The third-order valence-corrected chi connectivity index (χ3v) is 2.69. The van der Waals surface area contributed by atoms with Gasteiger partial charge in [0.15, 0.2) is 0 Å². The van der Waals surface area contributed by atoms with E-state index in [0.29, 0.717) is 17.5 Å². The molecule has 1 aromatic heterocycles. The van der Waals surface area contributed by atoms with E-state index in [1.54, 1.807) is 0 Å². The number of nitrogens with one attached hydrogen (secondary N) is 2. The Morgan fingerprint density at radius 3 is 3.29 bits per heavy atom. The summed E-state index contributed by atoms with van der Waals surface area (Å²) in [5.41, 5.74) is 0. The van der Waals surface area contributed by atoms with Crippen molar-refractivity contribution in [3.63, 3.8) is 0 Å². The Morgan fingerprint density at radius 1 is 1.71 bits per heavy atom. The molecule has 1 aromatic rings. The molecular formula is C7H11N5OS. The Kier molecular flexibility index (Phi) is 3.00. The van der Waals surface area contributed by atoms with Gasteiger partial charge in [0.05, 0.1) is 0 Å². The smallest absolute Gasteiger partial charge is 0.231 e. The number of rotatable bonds is 3. The second kappa shape index (κ2) is 4.43. The van der Waals surface area contributed by atoms with Crippen molar-refractivity contribution in [2.45, 2.75) is 12.8 Å². The molecule has 1 amide bonds. The summed E-state index contributed by atoms with van der Waals surface area (Å²) >= 11 is 1.09. The fourth-order valence-electron chi connectivity index (χ4n) is 1.50. The van der Waals surface area contributed by atoms with E-state index in [-0.39, 0.29) is 5.91 Å². The fraction of sp³-hybridized carbons (Fsp3) is 0.714. The van der Waals surface area contributed by atoms with Gasteiger partial charge < -0.3 is 5.32 Å². The minimum Gasteiger partial charge on any atom is -0.316 e. The van der Waals surface area contributed by atoms with Crippen molar-refractivity contribution in [3.8, 4) is 0 Å².